The first-order valence-electron chi connectivity index (χ1n) is 9.06. The number of hydrogen-bond acceptors (Lipinski definition) is 7. The zero-order valence-corrected chi connectivity index (χ0v) is 15.4. The molecule has 1 N–H and O–H groups in total. The molecule has 4 rings (SSSR count). The highest BCUT2D eigenvalue weighted by atomic mass is 16.5. The van der Waals surface area contributed by atoms with E-state index in [1.54, 1.807) is 23.0 Å². The molecule has 1 aromatic carbocycles. The fourth-order valence-electron chi connectivity index (χ4n) is 3.34. The first-order chi connectivity index (χ1) is 14.2. The number of carbonyl (C=O) groups is 1. The van der Waals surface area contributed by atoms with Crippen LogP contribution in [-0.2, 0) is 6.61 Å². The first-order valence-corrected chi connectivity index (χ1v) is 9.06. The number of carboxylic acid groups (broad SMARTS) is 1. The van der Waals surface area contributed by atoms with Crippen molar-refractivity contribution in [3.8, 4) is 17.5 Å². The minimum Gasteiger partial charge on any atom is -0.489 e. The maximum atomic E-state index is 11.1. The van der Waals surface area contributed by atoms with Crippen molar-refractivity contribution in [3.63, 3.8) is 0 Å². The highest BCUT2D eigenvalue weighted by Crippen LogP contribution is 2.25. The third kappa shape index (κ3) is 3.86. The van der Waals surface area contributed by atoms with Crippen molar-refractivity contribution in [2.75, 3.05) is 13.1 Å². The Morgan fingerprint density at radius 3 is 2.66 bits per heavy atom. The lowest BCUT2D eigenvalue weighted by molar-refractivity contribution is 0.123. The van der Waals surface area contributed by atoms with Gasteiger partial charge in [0, 0.05) is 18.7 Å². The lowest BCUT2D eigenvalue weighted by atomic mass is 10.1. The summed E-state index contributed by atoms with van der Waals surface area (Å²) in [5, 5.41) is 34.1. The zero-order chi connectivity index (χ0) is 20.2. The Balaban J connectivity index is 1.41. The summed E-state index contributed by atoms with van der Waals surface area (Å²) in [5.74, 6) is 0.647. The van der Waals surface area contributed by atoms with E-state index in [0.717, 1.165) is 5.69 Å². The van der Waals surface area contributed by atoms with Gasteiger partial charge in [-0.15, -0.1) is 5.10 Å². The van der Waals surface area contributed by atoms with Gasteiger partial charge in [-0.3, -0.25) is 4.68 Å². The number of tetrazole rings is 1. The zero-order valence-electron chi connectivity index (χ0n) is 15.4. The van der Waals surface area contributed by atoms with Gasteiger partial charge in [0.15, 0.2) is 0 Å². The minimum absolute atomic E-state index is 0.00423. The molecule has 148 valence electrons. The standard InChI is InChI=1S/C18H18N8O3/c19-9-17-13(10-21-26(17)15-5-7-24(8-6-15)18(27)28)11-29-16-3-1-14(2-4-16)25-12-20-22-23-25/h1-4,10,12,15H,5-8,11H2,(H,27,28). The monoisotopic (exact) mass is 394 g/mol. The normalized spacial score (nSPS) is 14.5. The van der Waals surface area contributed by atoms with Gasteiger partial charge in [0.25, 0.3) is 0 Å². The Hall–Kier alpha value is -3.94. The molecule has 11 heteroatoms. The molecule has 3 aromatic rings. The molecule has 29 heavy (non-hydrogen) atoms. The SMILES string of the molecule is N#Cc1c(COc2ccc(-n3cnnn3)cc2)cnn1C1CCN(C(=O)O)CC1. The van der Waals surface area contributed by atoms with Crippen molar-refractivity contribution in [3.05, 3.63) is 48.0 Å². The number of aromatic nitrogens is 6. The maximum Gasteiger partial charge on any atom is 0.407 e. The summed E-state index contributed by atoms with van der Waals surface area (Å²) in [6, 6.07) is 9.47. The number of benzene rings is 1. The predicted molar refractivity (Wildman–Crippen MR) is 98.3 cm³/mol. The van der Waals surface area contributed by atoms with E-state index in [1.807, 2.05) is 12.1 Å². The van der Waals surface area contributed by atoms with Gasteiger partial charge in [-0.05, 0) is 47.5 Å². The van der Waals surface area contributed by atoms with Crippen LogP contribution in [0.25, 0.3) is 5.69 Å². The molecule has 1 saturated heterocycles. The van der Waals surface area contributed by atoms with E-state index < -0.39 is 6.09 Å². The number of rotatable bonds is 5. The average molecular weight is 394 g/mol. The summed E-state index contributed by atoms with van der Waals surface area (Å²) >= 11 is 0. The molecule has 0 atom stereocenters. The highest BCUT2D eigenvalue weighted by molar-refractivity contribution is 5.65. The van der Waals surface area contributed by atoms with Crippen molar-refractivity contribution >= 4 is 6.09 Å². The van der Waals surface area contributed by atoms with Crippen molar-refractivity contribution in [2.24, 2.45) is 0 Å². The van der Waals surface area contributed by atoms with Gasteiger partial charge in [0.1, 0.15) is 30.4 Å². The molecule has 0 saturated carbocycles. The minimum atomic E-state index is -0.912. The Labute approximate surface area is 165 Å². The van der Waals surface area contributed by atoms with E-state index >= 15 is 0 Å². The van der Waals surface area contributed by atoms with Gasteiger partial charge < -0.3 is 14.7 Å². The van der Waals surface area contributed by atoms with Crippen LogP contribution in [0.15, 0.2) is 36.8 Å². The Morgan fingerprint density at radius 2 is 2.03 bits per heavy atom. The number of piperidine rings is 1. The Bertz CT molecular complexity index is 1010. The summed E-state index contributed by atoms with van der Waals surface area (Å²) in [4.78, 5) is 12.4. The molecule has 2 aromatic heterocycles. The number of ether oxygens (including phenoxy) is 1. The third-order valence-electron chi connectivity index (χ3n) is 4.90. The van der Waals surface area contributed by atoms with Crippen LogP contribution in [0, 0.1) is 11.3 Å². The first kappa shape index (κ1) is 18.4. The van der Waals surface area contributed by atoms with E-state index in [9.17, 15) is 10.1 Å². The second-order valence-electron chi connectivity index (χ2n) is 6.61. The molecule has 0 aliphatic carbocycles. The van der Waals surface area contributed by atoms with Gasteiger partial charge in [-0.25, -0.2) is 9.48 Å². The van der Waals surface area contributed by atoms with Crippen LogP contribution >= 0.6 is 0 Å². The predicted octanol–water partition coefficient (Wildman–Crippen LogP) is 1.62. The molecule has 0 unspecified atom stereocenters. The second kappa shape index (κ2) is 7.97. The van der Waals surface area contributed by atoms with Gasteiger partial charge in [0.2, 0.25) is 0 Å². The van der Waals surface area contributed by atoms with Crippen LogP contribution in [0.2, 0.25) is 0 Å². The lowest BCUT2D eigenvalue weighted by Gasteiger charge is -2.30. The molecular weight excluding hydrogens is 376 g/mol. The molecule has 1 aliphatic rings. The number of likely N-dealkylation sites (tertiary alicyclic amines) is 1. The summed E-state index contributed by atoms with van der Waals surface area (Å²) in [7, 11) is 0. The van der Waals surface area contributed by atoms with Crippen molar-refractivity contribution in [2.45, 2.75) is 25.5 Å². The number of nitrogens with zero attached hydrogens (tertiary/aromatic N) is 8. The van der Waals surface area contributed by atoms with E-state index in [4.69, 9.17) is 9.84 Å². The van der Waals surface area contributed by atoms with Gasteiger partial charge >= 0.3 is 6.09 Å². The average Bonchev–Trinajstić information content (AvgIpc) is 3.42. The molecule has 1 amide bonds. The maximum absolute atomic E-state index is 11.1. The summed E-state index contributed by atoms with van der Waals surface area (Å²) in [5.41, 5.74) is 1.95. The fourth-order valence-corrected chi connectivity index (χ4v) is 3.34. The number of nitriles is 1. The summed E-state index contributed by atoms with van der Waals surface area (Å²) in [6.07, 6.45) is 3.48. The number of hydrogen-bond donors (Lipinski definition) is 1. The smallest absolute Gasteiger partial charge is 0.407 e. The van der Waals surface area contributed by atoms with E-state index in [0.29, 0.717) is 42.9 Å². The van der Waals surface area contributed by atoms with Gasteiger partial charge in [-0.1, -0.05) is 0 Å². The largest absolute Gasteiger partial charge is 0.489 e. The van der Waals surface area contributed by atoms with Crippen LogP contribution in [0.4, 0.5) is 4.79 Å². The lowest BCUT2D eigenvalue weighted by Crippen LogP contribution is -2.38. The highest BCUT2D eigenvalue weighted by Gasteiger charge is 2.26. The van der Waals surface area contributed by atoms with E-state index in [1.165, 1.54) is 15.9 Å². The molecule has 0 bridgehead atoms. The molecule has 11 nitrogen and oxygen atoms in total. The van der Waals surface area contributed by atoms with Crippen LogP contribution in [0.1, 0.15) is 30.1 Å². The molecule has 0 spiro atoms. The summed E-state index contributed by atoms with van der Waals surface area (Å²) in [6.45, 7) is 1.08. The van der Waals surface area contributed by atoms with Crippen LogP contribution in [-0.4, -0.2) is 59.2 Å². The molecule has 1 fully saturated rings. The van der Waals surface area contributed by atoms with Crippen LogP contribution in [0.3, 0.4) is 0 Å². The van der Waals surface area contributed by atoms with Crippen molar-refractivity contribution in [1.82, 2.24) is 34.9 Å². The van der Waals surface area contributed by atoms with Gasteiger partial charge in [-0.2, -0.15) is 10.4 Å². The molecule has 0 radical (unpaired) electrons. The van der Waals surface area contributed by atoms with Gasteiger partial charge in [0.05, 0.1) is 17.9 Å². The molecule has 3 heterocycles. The topological polar surface area (TPSA) is 135 Å². The van der Waals surface area contributed by atoms with E-state index in [-0.39, 0.29) is 12.6 Å². The summed E-state index contributed by atoms with van der Waals surface area (Å²) < 4.78 is 9.04. The number of amides is 1. The molecule has 1 aliphatic heterocycles. The fraction of sp³-hybridized carbons (Fsp3) is 0.333. The Morgan fingerprint density at radius 1 is 1.28 bits per heavy atom. The van der Waals surface area contributed by atoms with Crippen LogP contribution in [0.5, 0.6) is 5.75 Å². The third-order valence-corrected chi connectivity index (χ3v) is 4.90. The van der Waals surface area contributed by atoms with Crippen molar-refractivity contribution < 1.29 is 14.6 Å². The second-order valence-corrected chi connectivity index (χ2v) is 6.61. The van der Waals surface area contributed by atoms with Crippen molar-refractivity contribution in [1.29, 1.82) is 5.26 Å². The Kier molecular flexibility index (Phi) is 5.07. The van der Waals surface area contributed by atoms with Crippen LogP contribution < -0.4 is 4.74 Å². The van der Waals surface area contributed by atoms with E-state index in [2.05, 4.69) is 26.7 Å². The molecular formula is C18H18N8O3. The quantitative estimate of drug-likeness (QED) is 0.690.